The Kier molecular flexibility index (Phi) is 4.62. The Morgan fingerprint density at radius 1 is 1.14 bits per heavy atom. The molecule has 144 valence electrons. The van der Waals surface area contributed by atoms with Crippen LogP contribution in [0.5, 0.6) is 0 Å². The second kappa shape index (κ2) is 7.27. The molecule has 2 aliphatic rings. The minimum absolute atomic E-state index is 0.172. The standard InChI is InChI=1S/C20H21N5O2S/c1-12-21-24-20(28-12)13-2-5-19-14(6-13)7-15(22-23-19)8-16(26)9-25-10-17-3-4-18(11-25)27-17/h2,5-7,17-18H,3-4,8-11H2,1H3. The number of Topliss-reactive ketones (excluding diaryl/α,β-unsaturated/α-hetero) is 1. The van der Waals surface area contributed by atoms with Crippen LogP contribution in [0.3, 0.4) is 0 Å². The van der Waals surface area contributed by atoms with Gasteiger partial charge in [-0.2, -0.15) is 10.2 Å². The molecule has 0 N–H and O–H groups in total. The normalized spacial score (nSPS) is 22.0. The summed E-state index contributed by atoms with van der Waals surface area (Å²) in [6, 6.07) is 7.91. The van der Waals surface area contributed by atoms with E-state index in [1.165, 1.54) is 0 Å². The highest BCUT2D eigenvalue weighted by Crippen LogP contribution is 2.27. The number of benzene rings is 1. The Morgan fingerprint density at radius 2 is 1.96 bits per heavy atom. The maximum Gasteiger partial charge on any atom is 0.152 e. The zero-order valence-electron chi connectivity index (χ0n) is 15.7. The van der Waals surface area contributed by atoms with E-state index in [9.17, 15) is 4.79 Å². The van der Waals surface area contributed by atoms with Crippen molar-refractivity contribution < 1.29 is 9.53 Å². The summed E-state index contributed by atoms with van der Waals surface area (Å²) in [5.41, 5.74) is 2.53. The summed E-state index contributed by atoms with van der Waals surface area (Å²) in [6.45, 7) is 4.12. The summed E-state index contributed by atoms with van der Waals surface area (Å²) in [5.74, 6) is 0.172. The monoisotopic (exact) mass is 395 g/mol. The van der Waals surface area contributed by atoms with Crippen molar-refractivity contribution in [1.29, 1.82) is 0 Å². The topological polar surface area (TPSA) is 81.1 Å². The maximum atomic E-state index is 12.6. The van der Waals surface area contributed by atoms with E-state index < -0.39 is 0 Å². The lowest BCUT2D eigenvalue weighted by Gasteiger charge is -2.31. The van der Waals surface area contributed by atoms with E-state index in [4.69, 9.17) is 4.74 Å². The zero-order chi connectivity index (χ0) is 19.1. The van der Waals surface area contributed by atoms with Gasteiger partial charge in [-0.25, -0.2) is 0 Å². The third-order valence-electron chi connectivity index (χ3n) is 5.31. The maximum absolute atomic E-state index is 12.6. The van der Waals surface area contributed by atoms with Crippen LogP contribution in [0.4, 0.5) is 0 Å². The van der Waals surface area contributed by atoms with Crippen molar-refractivity contribution >= 4 is 28.0 Å². The van der Waals surface area contributed by atoms with Gasteiger partial charge >= 0.3 is 0 Å². The number of morpholine rings is 1. The van der Waals surface area contributed by atoms with Crippen LogP contribution in [-0.2, 0) is 16.0 Å². The minimum Gasteiger partial charge on any atom is -0.372 e. The number of ketones is 1. The lowest BCUT2D eigenvalue weighted by molar-refractivity contribution is -0.122. The Bertz CT molecular complexity index is 1020. The van der Waals surface area contributed by atoms with Crippen molar-refractivity contribution in [2.45, 2.75) is 38.4 Å². The van der Waals surface area contributed by atoms with Crippen LogP contribution in [0.2, 0.25) is 0 Å². The van der Waals surface area contributed by atoms with Gasteiger partial charge in [0.15, 0.2) is 5.78 Å². The average Bonchev–Trinajstić information content (AvgIpc) is 3.26. The predicted octanol–water partition coefficient (Wildman–Crippen LogP) is 2.43. The van der Waals surface area contributed by atoms with Crippen LogP contribution in [0.1, 0.15) is 23.5 Å². The summed E-state index contributed by atoms with van der Waals surface area (Å²) in [6.07, 6.45) is 3.13. The van der Waals surface area contributed by atoms with Crippen molar-refractivity contribution in [1.82, 2.24) is 25.3 Å². The van der Waals surface area contributed by atoms with Gasteiger partial charge in [-0.3, -0.25) is 9.69 Å². The highest BCUT2D eigenvalue weighted by Gasteiger charge is 2.34. The Hall–Kier alpha value is -2.29. The first-order valence-electron chi connectivity index (χ1n) is 9.59. The number of ether oxygens (including phenoxy) is 1. The molecule has 0 amide bonds. The van der Waals surface area contributed by atoms with E-state index in [-0.39, 0.29) is 5.78 Å². The summed E-state index contributed by atoms with van der Waals surface area (Å²) in [4.78, 5) is 14.8. The highest BCUT2D eigenvalue weighted by molar-refractivity contribution is 7.14. The van der Waals surface area contributed by atoms with Crippen molar-refractivity contribution in [3.8, 4) is 10.6 Å². The van der Waals surface area contributed by atoms with Gasteiger partial charge in [-0.1, -0.05) is 11.3 Å². The van der Waals surface area contributed by atoms with Crippen LogP contribution >= 0.6 is 11.3 Å². The summed E-state index contributed by atoms with van der Waals surface area (Å²) in [7, 11) is 0. The Morgan fingerprint density at radius 3 is 2.71 bits per heavy atom. The molecule has 2 aliphatic heterocycles. The molecule has 2 aromatic heterocycles. The van der Waals surface area contributed by atoms with Gasteiger partial charge in [-0.15, -0.1) is 10.2 Å². The van der Waals surface area contributed by atoms with Crippen LogP contribution < -0.4 is 0 Å². The number of carbonyl (C=O) groups excluding carboxylic acids is 1. The number of hydrogen-bond acceptors (Lipinski definition) is 8. The number of rotatable bonds is 5. The fourth-order valence-electron chi connectivity index (χ4n) is 4.06. The van der Waals surface area contributed by atoms with E-state index in [0.29, 0.717) is 30.9 Å². The number of aryl methyl sites for hydroxylation is 1. The number of carbonyl (C=O) groups is 1. The first-order valence-corrected chi connectivity index (χ1v) is 10.4. The van der Waals surface area contributed by atoms with Crippen LogP contribution in [-0.4, -0.2) is 62.9 Å². The van der Waals surface area contributed by atoms with Crippen molar-refractivity contribution in [2.75, 3.05) is 19.6 Å². The molecule has 0 aliphatic carbocycles. The van der Waals surface area contributed by atoms with E-state index in [2.05, 4.69) is 25.3 Å². The molecule has 0 spiro atoms. The van der Waals surface area contributed by atoms with E-state index in [1.54, 1.807) is 11.3 Å². The molecule has 5 rings (SSSR count). The molecule has 0 saturated carbocycles. The number of hydrogen-bond donors (Lipinski definition) is 0. The van der Waals surface area contributed by atoms with Gasteiger partial charge in [0.2, 0.25) is 0 Å². The molecule has 2 atom stereocenters. The van der Waals surface area contributed by atoms with Gasteiger partial charge in [-0.05, 0) is 44.0 Å². The Balaban J connectivity index is 1.30. The number of likely N-dealkylation sites (tertiary alicyclic amines) is 1. The lowest BCUT2D eigenvalue weighted by Crippen LogP contribution is -2.45. The SMILES string of the molecule is Cc1nnc(-c2ccc3nnc(CC(=O)CN4CC5CCC(C4)O5)cc3c2)s1. The van der Waals surface area contributed by atoms with Gasteiger partial charge in [0, 0.05) is 24.0 Å². The molecule has 1 aromatic carbocycles. The molecule has 7 nitrogen and oxygen atoms in total. The molecule has 2 bridgehead atoms. The van der Waals surface area contributed by atoms with Gasteiger partial charge in [0.05, 0.1) is 36.4 Å². The van der Waals surface area contributed by atoms with Gasteiger partial charge in [0.25, 0.3) is 0 Å². The smallest absolute Gasteiger partial charge is 0.152 e. The van der Waals surface area contributed by atoms with Gasteiger partial charge < -0.3 is 4.74 Å². The first-order chi connectivity index (χ1) is 13.6. The second-order valence-electron chi connectivity index (χ2n) is 7.60. The summed E-state index contributed by atoms with van der Waals surface area (Å²) < 4.78 is 5.84. The van der Waals surface area contributed by atoms with Crippen molar-refractivity contribution in [3.63, 3.8) is 0 Å². The van der Waals surface area contributed by atoms with Crippen LogP contribution in [0.15, 0.2) is 24.3 Å². The van der Waals surface area contributed by atoms with E-state index in [1.807, 2.05) is 31.2 Å². The van der Waals surface area contributed by atoms with Crippen LogP contribution in [0, 0.1) is 6.92 Å². The number of nitrogens with zero attached hydrogens (tertiary/aromatic N) is 5. The molecule has 8 heteroatoms. The molecule has 2 saturated heterocycles. The molecule has 2 unspecified atom stereocenters. The molecule has 2 fully saturated rings. The second-order valence-corrected chi connectivity index (χ2v) is 8.78. The fourth-order valence-corrected chi connectivity index (χ4v) is 4.74. The van der Waals surface area contributed by atoms with E-state index in [0.717, 1.165) is 52.4 Å². The third-order valence-corrected chi connectivity index (χ3v) is 6.19. The van der Waals surface area contributed by atoms with Crippen LogP contribution in [0.25, 0.3) is 21.5 Å². The quantitative estimate of drug-likeness (QED) is 0.656. The first kappa shape index (κ1) is 17.8. The van der Waals surface area contributed by atoms with Gasteiger partial charge in [0.1, 0.15) is 10.0 Å². The molecular weight excluding hydrogens is 374 g/mol. The largest absolute Gasteiger partial charge is 0.372 e. The molecule has 28 heavy (non-hydrogen) atoms. The zero-order valence-corrected chi connectivity index (χ0v) is 16.5. The number of fused-ring (bicyclic) bond motifs is 3. The highest BCUT2D eigenvalue weighted by atomic mass is 32.1. The van der Waals surface area contributed by atoms with Crippen molar-refractivity contribution in [2.24, 2.45) is 0 Å². The molecular formula is C20H21N5O2S. The molecule has 3 aromatic rings. The lowest BCUT2D eigenvalue weighted by atomic mass is 10.1. The summed E-state index contributed by atoms with van der Waals surface area (Å²) >= 11 is 1.56. The number of aromatic nitrogens is 4. The minimum atomic E-state index is 0.172. The molecule has 0 radical (unpaired) electrons. The Labute approximate surface area is 166 Å². The third kappa shape index (κ3) is 3.67. The predicted molar refractivity (Wildman–Crippen MR) is 106 cm³/mol. The fraction of sp³-hybridized carbons (Fsp3) is 0.450. The molecule has 4 heterocycles. The summed E-state index contributed by atoms with van der Waals surface area (Å²) in [5, 5.41) is 19.6. The van der Waals surface area contributed by atoms with Crippen molar-refractivity contribution in [3.05, 3.63) is 35.0 Å². The average molecular weight is 395 g/mol. The van der Waals surface area contributed by atoms with E-state index >= 15 is 0 Å².